The van der Waals surface area contributed by atoms with E-state index >= 15 is 0 Å². The van der Waals surface area contributed by atoms with E-state index in [2.05, 4.69) is 34.3 Å². The van der Waals surface area contributed by atoms with Crippen LogP contribution in [-0.4, -0.2) is 69.8 Å². The molecule has 3 heterocycles. The largest absolute Gasteiger partial charge is 0.504 e. The van der Waals surface area contributed by atoms with Gasteiger partial charge < -0.3 is 19.8 Å². The first kappa shape index (κ1) is 24.2. The van der Waals surface area contributed by atoms with Gasteiger partial charge in [-0.3, -0.25) is 9.69 Å². The molecule has 1 aromatic carbocycles. The molecule has 6 nitrogen and oxygen atoms in total. The molecule has 6 atom stereocenters. The molecule has 1 aromatic heterocycles. The molecule has 36 heavy (non-hydrogen) atoms. The summed E-state index contributed by atoms with van der Waals surface area (Å²) in [5.41, 5.74) is 0.361. The van der Waals surface area contributed by atoms with E-state index in [0.29, 0.717) is 31.6 Å². The second kappa shape index (κ2) is 8.45. The van der Waals surface area contributed by atoms with Crippen LogP contribution < -0.4 is 4.74 Å². The van der Waals surface area contributed by atoms with E-state index in [1.807, 2.05) is 36.7 Å². The molecular formula is C28H31BrN2O4S. The van der Waals surface area contributed by atoms with Crippen molar-refractivity contribution in [3.8, 4) is 11.5 Å². The monoisotopic (exact) mass is 570 g/mol. The number of hydrogen-bond donors (Lipinski definition) is 2. The molecule has 1 spiro atoms. The molecule has 0 unspecified atom stereocenters. The Morgan fingerprint density at radius 2 is 2.25 bits per heavy atom. The fraction of sp³-hybridized carbons (Fsp3) is 0.464. The van der Waals surface area contributed by atoms with Gasteiger partial charge in [0.15, 0.2) is 11.5 Å². The zero-order valence-electron chi connectivity index (χ0n) is 20.5. The third kappa shape index (κ3) is 3.11. The number of ether oxygens (including phenoxy) is 1. The molecule has 2 aromatic rings. The summed E-state index contributed by atoms with van der Waals surface area (Å²) in [7, 11) is 1.83. The topological polar surface area (TPSA) is 73.2 Å². The Labute approximate surface area is 224 Å². The molecular weight excluding hydrogens is 540 g/mol. The number of carbonyl (C=O) groups is 1. The van der Waals surface area contributed by atoms with Crippen molar-refractivity contribution >= 4 is 39.2 Å². The van der Waals surface area contributed by atoms with Gasteiger partial charge in [0.05, 0.1) is 17.1 Å². The van der Waals surface area contributed by atoms with Gasteiger partial charge in [0, 0.05) is 46.0 Å². The second-order valence-electron chi connectivity index (χ2n) is 10.7. The number of carbonyl (C=O) groups excluding carboxylic acids is 1. The SMILES string of the molecule is C=CCN1CC[C@]23c4c5ccc(O)c4O[C@H]2[C@H](N(C)C(=O)/C=C/c2cc(Br)cs2)C[C@H](C)[C@@]3(O)[C@H]1C5. The molecule has 1 amide bonds. The number of phenols is 1. The molecule has 2 N–H and O–H groups in total. The number of halogens is 1. The van der Waals surface area contributed by atoms with Crippen LogP contribution in [0.3, 0.4) is 0 Å². The van der Waals surface area contributed by atoms with Crippen LogP contribution >= 0.6 is 27.3 Å². The van der Waals surface area contributed by atoms with E-state index in [0.717, 1.165) is 27.0 Å². The van der Waals surface area contributed by atoms with Gasteiger partial charge in [-0.15, -0.1) is 17.9 Å². The molecule has 8 heteroatoms. The molecule has 2 fully saturated rings. The van der Waals surface area contributed by atoms with Crippen molar-refractivity contribution in [2.24, 2.45) is 5.92 Å². The number of rotatable bonds is 5. The molecule has 2 aliphatic heterocycles. The van der Waals surface area contributed by atoms with Gasteiger partial charge in [0.2, 0.25) is 5.91 Å². The van der Waals surface area contributed by atoms with Crippen LogP contribution in [0.4, 0.5) is 0 Å². The lowest BCUT2D eigenvalue weighted by atomic mass is 9.45. The fourth-order valence-corrected chi connectivity index (χ4v) is 8.97. The summed E-state index contributed by atoms with van der Waals surface area (Å²) in [6.45, 7) is 7.58. The third-order valence-corrected chi connectivity index (χ3v) is 10.8. The number of benzene rings is 1. The number of aliphatic hydroxyl groups is 1. The van der Waals surface area contributed by atoms with E-state index in [-0.39, 0.29) is 29.7 Å². The van der Waals surface area contributed by atoms with E-state index in [4.69, 9.17) is 4.74 Å². The summed E-state index contributed by atoms with van der Waals surface area (Å²) in [5, 5.41) is 25.5. The number of piperidine rings is 1. The molecule has 1 saturated carbocycles. The number of aromatic hydroxyl groups is 1. The molecule has 4 aliphatic rings. The normalized spacial score (nSPS) is 34.3. The van der Waals surface area contributed by atoms with Crippen molar-refractivity contribution in [3.63, 3.8) is 0 Å². The lowest BCUT2D eigenvalue weighted by molar-refractivity contribution is -0.222. The first-order valence-corrected chi connectivity index (χ1v) is 14.2. The highest BCUT2D eigenvalue weighted by Crippen LogP contribution is 2.67. The maximum absolute atomic E-state index is 13.4. The Bertz CT molecular complexity index is 1280. The van der Waals surface area contributed by atoms with Crippen molar-refractivity contribution in [2.75, 3.05) is 20.1 Å². The van der Waals surface area contributed by atoms with Gasteiger partial charge in [-0.05, 0) is 71.4 Å². The molecule has 2 aliphatic carbocycles. The van der Waals surface area contributed by atoms with Crippen molar-refractivity contribution in [3.05, 3.63) is 62.8 Å². The van der Waals surface area contributed by atoms with Crippen LogP contribution in [0.2, 0.25) is 0 Å². The predicted molar refractivity (Wildman–Crippen MR) is 144 cm³/mol. The maximum Gasteiger partial charge on any atom is 0.246 e. The van der Waals surface area contributed by atoms with Crippen molar-refractivity contribution in [2.45, 2.75) is 55.4 Å². The van der Waals surface area contributed by atoms with Crippen molar-refractivity contribution in [1.82, 2.24) is 9.80 Å². The van der Waals surface area contributed by atoms with E-state index in [1.165, 1.54) is 0 Å². The van der Waals surface area contributed by atoms with Crippen LogP contribution in [0.1, 0.15) is 35.8 Å². The number of thiophene rings is 1. The minimum absolute atomic E-state index is 0.0751. The van der Waals surface area contributed by atoms with Gasteiger partial charge >= 0.3 is 0 Å². The molecule has 2 bridgehead atoms. The summed E-state index contributed by atoms with van der Waals surface area (Å²) in [6, 6.07) is 5.35. The van der Waals surface area contributed by atoms with Crippen molar-refractivity contribution in [1.29, 1.82) is 0 Å². The van der Waals surface area contributed by atoms with Gasteiger partial charge in [0.25, 0.3) is 0 Å². The van der Waals surface area contributed by atoms with Crippen LogP contribution in [-0.2, 0) is 16.6 Å². The summed E-state index contributed by atoms with van der Waals surface area (Å²) in [4.78, 5) is 18.5. The fourth-order valence-electron chi connectivity index (χ4n) is 7.64. The van der Waals surface area contributed by atoms with Crippen LogP contribution in [0.15, 0.2) is 46.8 Å². The highest BCUT2D eigenvalue weighted by atomic mass is 79.9. The molecule has 6 rings (SSSR count). The zero-order valence-corrected chi connectivity index (χ0v) is 22.9. The number of hydrogen-bond acceptors (Lipinski definition) is 6. The minimum Gasteiger partial charge on any atom is -0.504 e. The maximum atomic E-state index is 13.4. The first-order valence-electron chi connectivity index (χ1n) is 12.5. The predicted octanol–water partition coefficient (Wildman–Crippen LogP) is 4.34. The standard InChI is InChI=1S/C28H31BrN2O4S/c1-4-10-31-11-9-27-24-17-5-7-21(32)25(24)35-26(27)20(12-16(2)28(27,34)22(31)13-17)30(3)23(33)8-6-19-14-18(29)15-36-19/h4-8,14-16,20,22,26,32,34H,1,9-13H2,2-3H3/b8-6+/t16-,20+,22+,26-,27-,28+/m0/s1. The Morgan fingerprint density at radius 3 is 2.97 bits per heavy atom. The van der Waals surface area contributed by atoms with Gasteiger partial charge in [-0.25, -0.2) is 0 Å². The minimum atomic E-state index is -1.04. The van der Waals surface area contributed by atoms with E-state index < -0.39 is 17.1 Å². The highest BCUT2D eigenvalue weighted by Gasteiger charge is 2.75. The number of nitrogens with zero attached hydrogens (tertiary/aromatic N) is 2. The summed E-state index contributed by atoms with van der Waals surface area (Å²) >= 11 is 5.03. The van der Waals surface area contributed by atoms with Crippen LogP contribution in [0, 0.1) is 5.92 Å². The Kier molecular flexibility index (Phi) is 5.68. The average Bonchev–Trinajstić information content (AvgIpc) is 3.43. The lowest BCUT2D eigenvalue weighted by Crippen LogP contribution is -2.80. The number of phenolic OH excluding ortho intramolecular Hbond substituents is 1. The molecule has 190 valence electrons. The summed E-state index contributed by atoms with van der Waals surface area (Å²) < 4.78 is 7.59. The molecule has 1 saturated heterocycles. The van der Waals surface area contributed by atoms with E-state index in [1.54, 1.807) is 28.4 Å². The number of likely N-dealkylation sites (N-methyl/N-ethyl adjacent to an activating group) is 1. The average molecular weight is 572 g/mol. The van der Waals surface area contributed by atoms with Crippen molar-refractivity contribution < 1.29 is 19.7 Å². The lowest BCUT2D eigenvalue weighted by Gasteiger charge is -2.66. The quantitative estimate of drug-likeness (QED) is 0.413. The number of amides is 1. The van der Waals surface area contributed by atoms with Crippen LogP contribution in [0.5, 0.6) is 11.5 Å². The summed E-state index contributed by atoms with van der Waals surface area (Å²) in [6.07, 6.45) is 6.94. The Morgan fingerprint density at radius 1 is 1.44 bits per heavy atom. The highest BCUT2D eigenvalue weighted by molar-refractivity contribution is 9.10. The first-order chi connectivity index (χ1) is 17.2. The smallest absolute Gasteiger partial charge is 0.246 e. The second-order valence-corrected chi connectivity index (χ2v) is 12.5. The van der Waals surface area contributed by atoms with Gasteiger partial charge in [0.1, 0.15) is 6.10 Å². The molecule has 0 radical (unpaired) electrons. The van der Waals surface area contributed by atoms with Gasteiger partial charge in [-0.2, -0.15) is 0 Å². The Balaban J connectivity index is 1.42. The van der Waals surface area contributed by atoms with E-state index in [9.17, 15) is 15.0 Å². The Hall–Kier alpha value is -2.13. The summed E-state index contributed by atoms with van der Waals surface area (Å²) in [5.74, 6) is 0.425. The zero-order chi connectivity index (χ0) is 25.4. The third-order valence-electron chi connectivity index (χ3n) is 9.15. The van der Waals surface area contributed by atoms with Crippen LogP contribution in [0.25, 0.3) is 6.08 Å². The van der Waals surface area contributed by atoms with Gasteiger partial charge in [-0.1, -0.05) is 19.1 Å². The number of likely N-dealkylation sites (tertiary alicyclic amines) is 1.